The van der Waals surface area contributed by atoms with E-state index in [1.165, 1.54) is 43.3 Å². The second-order valence-electron chi connectivity index (χ2n) is 5.91. The molecule has 0 aliphatic rings. The first-order chi connectivity index (χ1) is 13.2. The Hall–Kier alpha value is -3.30. The molecule has 2 rings (SSSR count). The van der Waals surface area contributed by atoms with Crippen molar-refractivity contribution in [2.24, 2.45) is 0 Å². The number of para-hydroxylation sites is 2. The van der Waals surface area contributed by atoms with Crippen LogP contribution in [0.3, 0.4) is 0 Å². The van der Waals surface area contributed by atoms with Crippen LogP contribution in [0.5, 0.6) is 0 Å². The molecule has 0 bridgehead atoms. The first-order valence-corrected chi connectivity index (χ1v) is 8.38. The second-order valence-corrected chi connectivity index (χ2v) is 5.91. The van der Waals surface area contributed by atoms with Crippen LogP contribution in [0, 0.1) is 10.1 Å². The van der Waals surface area contributed by atoms with Crippen molar-refractivity contribution >= 4 is 17.4 Å². The Kier molecular flexibility index (Phi) is 6.80. The minimum atomic E-state index is -4.52. The summed E-state index contributed by atoms with van der Waals surface area (Å²) >= 11 is 0. The fourth-order valence-electron chi connectivity index (χ4n) is 2.61. The molecular formula is C18H19F3N4O3. The monoisotopic (exact) mass is 396 g/mol. The van der Waals surface area contributed by atoms with Crippen LogP contribution in [-0.2, 0) is 6.18 Å². The molecule has 0 fully saturated rings. The maximum absolute atomic E-state index is 13.1. The van der Waals surface area contributed by atoms with Gasteiger partial charge in [0, 0.05) is 19.2 Å². The molecule has 1 unspecified atom stereocenters. The van der Waals surface area contributed by atoms with E-state index in [9.17, 15) is 28.1 Å². The van der Waals surface area contributed by atoms with Gasteiger partial charge in [-0.25, -0.2) is 4.79 Å². The lowest BCUT2D eigenvalue weighted by atomic mass is 10.0. The lowest BCUT2D eigenvalue weighted by molar-refractivity contribution is -0.384. The first-order valence-electron chi connectivity index (χ1n) is 8.38. The molecule has 0 saturated carbocycles. The number of nitrogens with zero attached hydrogens (tertiary/aromatic N) is 1. The number of carbonyl (C=O) groups excluding carboxylic acids is 1. The number of urea groups is 1. The van der Waals surface area contributed by atoms with E-state index in [1.807, 2.05) is 0 Å². The van der Waals surface area contributed by atoms with Crippen molar-refractivity contribution in [3.05, 3.63) is 69.8 Å². The Morgan fingerprint density at radius 2 is 1.75 bits per heavy atom. The van der Waals surface area contributed by atoms with E-state index in [0.717, 1.165) is 6.07 Å². The summed E-state index contributed by atoms with van der Waals surface area (Å²) in [7, 11) is 0. The minimum absolute atomic E-state index is 0.0387. The molecule has 0 aliphatic carbocycles. The molecule has 0 aromatic heterocycles. The molecule has 2 aromatic rings. The number of nitrogens with one attached hydrogen (secondary N) is 3. The standard InChI is InChI=1S/C18H19F3N4O3/c1-12(13-6-2-3-7-14(13)18(19,20)21)24-17(26)23-11-10-22-15-8-4-5-9-16(15)25(27)28/h2-9,12,22H,10-11H2,1H3,(H2,23,24,26). The number of carbonyl (C=O) groups is 1. The number of hydrogen-bond acceptors (Lipinski definition) is 4. The fourth-order valence-corrected chi connectivity index (χ4v) is 2.61. The number of anilines is 1. The number of rotatable bonds is 7. The van der Waals surface area contributed by atoms with Gasteiger partial charge in [-0.1, -0.05) is 30.3 Å². The highest BCUT2D eigenvalue weighted by molar-refractivity contribution is 5.74. The fraction of sp³-hybridized carbons (Fsp3) is 0.278. The number of benzene rings is 2. The molecule has 3 N–H and O–H groups in total. The van der Waals surface area contributed by atoms with Crippen LogP contribution in [0.1, 0.15) is 24.1 Å². The van der Waals surface area contributed by atoms with Crippen LogP contribution in [-0.4, -0.2) is 24.0 Å². The van der Waals surface area contributed by atoms with Crippen LogP contribution >= 0.6 is 0 Å². The maximum Gasteiger partial charge on any atom is 0.416 e. The Balaban J connectivity index is 1.86. The Morgan fingerprint density at radius 3 is 2.43 bits per heavy atom. The van der Waals surface area contributed by atoms with Gasteiger partial charge in [-0.05, 0) is 24.6 Å². The van der Waals surface area contributed by atoms with Crippen LogP contribution in [0.25, 0.3) is 0 Å². The van der Waals surface area contributed by atoms with E-state index in [2.05, 4.69) is 16.0 Å². The van der Waals surface area contributed by atoms with Gasteiger partial charge in [0.25, 0.3) is 5.69 Å². The molecular weight excluding hydrogens is 377 g/mol. The quantitative estimate of drug-likeness (QED) is 0.373. The third-order valence-corrected chi connectivity index (χ3v) is 3.91. The van der Waals surface area contributed by atoms with Gasteiger partial charge in [0.1, 0.15) is 5.69 Å². The van der Waals surface area contributed by atoms with Crippen molar-refractivity contribution < 1.29 is 22.9 Å². The number of nitro benzene ring substituents is 1. The van der Waals surface area contributed by atoms with E-state index in [-0.39, 0.29) is 24.3 Å². The molecule has 0 radical (unpaired) electrons. The van der Waals surface area contributed by atoms with Crippen molar-refractivity contribution in [3.63, 3.8) is 0 Å². The summed E-state index contributed by atoms with van der Waals surface area (Å²) in [5.41, 5.74) is -0.629. The Labute approximate surface area is 159 Å². The smallest absolute Gasteiger partial charge is 0.378 e. The molecule has 0 aliphatic heterocycles. The first kappa shape index (κ1) is 21.0. The zero-order valence-corrected chi connectivity index (χ0v) is 14.9. The normalized spacial score (nSPS) is 12.1. The van der Waals surface area contributed by atoms with E-state index >= 15 is 0 Å². The topological polar surface area (TPSA) is 96.3 Å². The summed E-state index contributed by atoms with van der Waals surface area (Å²) in [6.07, 6.45) is -4.52. The van der Waals surface area contributed by atoms with Gasteiger partial charge in [0.15, 0.2) is 0 Å². The molecule has 1 atom stereocenters. The number of hydrogen-bond donors (Lipinski definition) is 3. The highest BCUT2D eigenvalue weighted by Crippen LogP contribution is 2.34. The number of amides is 2. The van der Waals surface area contributed by atoms with Crippen molar-refractivity contribution in [1.29, 1.82) is 0 Å². The molecule has 150 valence electrons. The molecule has 2 aromatic carbocycles. The predicted molar refractivity (Wildman–Crippen MR) is 98.0 cm³/mol. The summed E-state index contributed by atoms with van der Waals surface area (Å²) in [6, 6.07) is 9.58. The number of halogens is 3. The highest BCUT2D eigenvalue weighted by atomic mass is 19.4. The summed E-state index contributed by atoms with van der Waals surface area (Å²) < 4.78 is 39.2. The summed E-state index contributed by atoms with van der Waals surface area (Å²) in [5, 5.41) is 18.7. The van der Waals surface area contributed by atoms with Gasteiger partial charge in [0.2, 0.25) is 0 Å². The largest absolute Gasteiger partial charge is 0.416 e. The van der Waals surface area contributed by atoms with Crippen molar-refractivity contribution in [2.45, 2.75) is 19.1 Å². The average molecular weight is 396 g/mol. The Bertz CT molecular complexity index is 843. The summed E-state index contributed by atoms with van der Waals surface area (Å²) in [6.45, 7) is 1.77. The van der Waals surface area contributed by atoms with Gasteiger partial charge < -0.3 is 16.0 Å². The van der Waals surface area contributed by atoms with Crippen LogP contribution in [0.4, 0.5) is 29.3 Å². The lowest BCUT2D eigenvalue weighted by Crippen LogP contribution is -2.39. The molecule has 0 saturated heterocycles. The van der Waals surface area contributed by atoms with Gasteiger partial charge in [-0.3, -0.25) is 10.1 Å². The average Bonchev–Trinajstić information content (AvgIpc) is 2.64. The SMILES string of the molecule is CC(NC(=O)NCCNc1ccccc1[N+](=O)[O-])c1ccccc1C(F)(F)F. The van der Waals surface area contributed by atoms with Crippen LogP contribution in [0.15, 0.2) is 48.5 Å². The molecule has 10 heteroatoms. The minimum Gasteiger partial charge on any atom is -0.378 e. The van der Waals surface area contributed by atoms with E-state index in [4.69, 9.17) is 0 Å². The van der Waals surface area contributed by atoms with E-state index < -0.39 is 28.7 Å². The lowest BCUT2D eigenvalue weighted by Gasteiger charge is -2.19. The van der Waals surface area contributed by atoms with Crippen molar-refractivity contribution in [1.82, 2.24) is 10.6 Å². The summed E-state index contributed by atoms with van der Waals surface area (Å²) in [5.74, 6) is 0. The molecule has 0 spiro atoms. The van der Waals surface area contributed by atoms with Gasteiger partial charge in [-0.15, -0.1) is 0 Å². The zero-order valence-electron chi connectivity index (χ0n) is 14.9. The third kappa shape index (κ3) is 5.60. The molecule has 0 heterocycles. The van der Waals surface area contributed by atoms with E-state index in [1.54, 1.807) is 6.07 Å². The van der Waals surface area contributed by atoms with Crippen LogP contribution < -0.4 is 16.0 Å². The second kappa shape index (κ2) is 9.07. The van der Waals surface area contributed by atoms with Gasteiger partial charge >= 0.3 is 12.2 Å². The predicted octanol–water partition coefficient (Wildman–Crippen LogP) is 4.09. The van der Waals surface area contributed by atoms with Crippen molar-refractivity contribution in [2.75, 3.05) is 18.4 Å². The van der Waals surface area contributed by atoms with Crippen molar-refractivity contribution in [3.8, 4) is 0 Å². The zero-order chi connectivity index (χ0) is 20.7. The van der Waals surface area contributed by atoms with Gasteiger partial charge in [0.05, 0.1) is 16.5 Å². The number of alkyl halides is 3. The highest BCUT2D eigenvalue weighted by Gasteiger charge is 2.34. The molecule has 2 amide bonds. The summed E-state index contributed by atoms with van der Waals surface area (Å²) in [4.78, 5) is 22.3. The molecule has 7 nitrogen and oxygen atoms in total. The number of nitro groups is 1. The Morgan fingerprint density at radius 1 is 1.11 bits per heavy atom. The third-order valence-electron chi connectivity index (χ3n) is 3.91. The molecule has 28 heavy (non-hydrogen) atoms. The maximum atomic E-state index is 13.1. The van der Waals surface area contributed by atoms with Gasteiger partial charge in [-0.2, -0.15) is 13.2 Å². The van der Waals surface area contributed by atoms with E-state index in [0.29, 0.717) is 5.69 Å². The van der Waals surface area contributed by atoms with Crippen LogP contribution in [0.2, 0.25) is 0 Å².